The fourth-order valence-corrected chi connectivity index (χ4v) is 0.257. The van der Waals surface area contributed by atoms with E-state index in [0.29, 0.717) is 0 Å². The van der Waals surface area contributed by atoms with Gasteiger partial charge in [0.15, 0.2) is 0 Å². The van der Waals surface area contributed by atoms with Crippen LogP contribution in [-0.4, -0.2) is 31.5 Å². The van der Waals surface area contributed by atoms with Gasteiger partial charge in [-0.1, -0.05) is 0 Å². The maximum absolute atomic E-state index is 10.8. The number of ether oxygens (including phenoxy) is 1. The Kier molecular flexibility index (Phi) is 78.1. The SMILES string of the molecule is F.F.F.F.OCCOCCOF. The average molecular weight is 204 g/mol. The molecule has 0 fully saturated rings. The normalized spacial score (nSPS) is 6.50. The molecule has 0 saturated carbocycles. The molecule has 0 aliphatic carbocycles. The van der Waals surface area contributed by atoms with Crippen molar-refractivity contribution >= 4 is 0 Å². The number of aliphatic hydroxyl groups is 1. The fourth-order valence-electron chi connectivity index (χ4n) is 0.257. The first-order valence-electron chi connectivity index (χ1n) is 2.34. The third kappa shape index (κ3) is 33.8. The van der Waals surface area contributed by atoms with E-state index in [4.69, 9.17) is 5.11 Å². The van der Waals surface area contributed by atoms with Gasteiger partial charge in [0, 0.05) is 0 Å². The molecule has 0 aliphatic rings. The molecule has 0 heterocycles. The minimum Gasteiger partial charge on any atom is -0.394 e. The third-order valence-electron chi connectivity index (χ3n) is 0.540. The van der Waals surface area contributed by atoms with Gasteiger partial charge in [0.2, 0.25) is 0 Å². The second kappa shape index (κ2) is 31.3. The van der Waals surface area contributed by atoms with E-state index >= 15 is 0 Å². The van der Waals surface area contributed by atoms with E-state index in [9.17, 15) is 4.53 Å². The lowest BCUT2D eigenvalue weighted by Crippen LogP contribution is -2.04. The van der Waals surface area contributed by atoms with Crippen LogP contribution in [0.2, 0.25) is 0 Å². The smallest absolute Gasteiger partial charge is 0.111 e. The molecule has 0 unspecified atom stereocenters. The highest BCUT2D eigenvalue weighted by Crippen LogP contribution is 1.75. The molecule has 0 saturated heterocycles. The summed E-state index contributed by atoms with van der Waals surface area (Å²) in [6, 6.07) is 0. The van der Waals surface area contributed by atoms with Crippen LogP contribution >= 0.6 is 0 Å². The number of hydrogen-bond donors (Lipinski definition) is 1. The Morgan fingerprint density at radius 2 is 1.42 bits per heavy atom. The lowest BCUT2D eigenvalue weighted by atomic mass is 10.7. The molecule has 0 aromatic rings. The average Bonchev–Trinajstić information content (AvgIpc) is 1.81. The Morgan fingerprint density at radius 3 is 1.75 bits per heavy atom. The Bertz CT molecular complexity index is 43.7. The van der Waals surface area contributed by atoms with Gasteiger partial charge in [-0.2, -0.15) is 4.94 Å². The number of rotatable bonds is 5. The molecule has 0 aliphatic heterocycles. The summed E-state index contributed by atoms with van der Waals surface area (Å²) in [7, 11) is 0. The molecule has 12 heavy (non-hydrogen) atoms. The number of hydrogen-bond acceptors (Lipinski definition) is 3. The van der Waals surface area contributed by atoms with Crippen molar-refractivity contribution in [2.24, 2.45) is 0 Å². The Morgan fingerprint density at radius 1 is 0.917 bits per heavy atom. The van der Waals surface area contributed by atoms with Crippen molar-refractivity contribution in [1.29, 1.82) is 0 Å². The molecule has 0 aromatic carbocycles. The van der Waals surface area contributed by atoms with Crippen LogP contribution < -0.4 is 0 Å². The first-order valence-corrected chi connectivity index (χ1v) is 2.34. The monoisotopic (exact) mass is 204 g/mol. The molecule has 0 amide bonds. The molecule has 8 heteroatoms. The minimum atomic E-state index is -0.0694. The highest BCUT2D eigenvalue weighted by Gasteiger charge is 1.84. The maximum atomic E-state index is 10.8. The van der Waals surface area contributed by atoms with E-state index in [2.05, 4.69) is 9.68 Å². The summed E-state index contributed by atoms with van der Waals surface area (Å²) in [5.74, 6) is 0. The van der Waals surface area contributed by atoms with Crippen molar-refractivity contribution < 1.29 is 38.1 Å². The first-order chi connectivity index (χ1) is 3.91. The molecule has 0 aromatic heterocycles. The summed E-state index contributed by atoms with van der Waals surface area (Å²) in [6.45, 7) is 0.326. The zero-order valence-corrected chi connectivity index (χ0v) is 6.10. The van der Waals surface area contributed by atoms with Crippen LogP contribution in [0.1, 0.15) is 0 Å². The lowest BCUT2D eigenvalue weighted by Gasteiger charge is -1.95. The van der Waals surface area contributed by atoms with Gasteiger partial charge in [-0.05, 0) is 4.53 Å². The molecule has 1 N–H and O–H groups in total. The molecule has 0 rings (SSSR count). The molecule has 0 spiro atoms. The standard InChI is InChI=1S/C4H9FO3.4FH/c5-8-4-3-7-2-1-6;;;;/h6H,1-4H2;4*1H. The van der Waals surface area contributed by atoms with Gasteiger partial charge in [-0.15, -0.1) is 0 Å². The molecule has 3 nitrogen and oxygen atoms in total. The zero-order chi connectivity index (χ0) is 6.24. The quantitative estimate of drug-likeness (QED) is 0.523. The van der Waals surface area contributed by atoms with Crippen LogP contribution in [0.15, 0.2) is 0 Å². The fraction of sp³-hybridized carbons (Fsp3) is 1.00. The predicted octanol–water partition coefficient (Wildman–Crippen LogP) is 0.506. The summed E-state index contributed by atoms with van der Waals surface area (Å²) < 4.78 is 15.4. The van der Waals surface area contributed by atoms with E-state index < -0.39 is 0 Å². The van der Waals surface area contributed by atoms with E-state index in [1.54, 1.807) is 0 Å². The minimum absolute atomic E-state index is 0. The van der Waals surface area contributed by atoms with Crippen molar-refractivity contribution in [2.45, 2.75) is 0 Å². The van der Waals surface area contributed by atoms with E-state index in [-0.39, 0.29) is 45.2 Å². The first kappa shape index (κ1) is 30.0. The van der Waals surface area contributed by atoms with Crippen LogP contribution in [0.5, 0.6) is 0 Å². The van der Waals surface area contributed by atoms with Gasteiger partial charge in [-0.25, -0.2) is 0 Å². The molecule has 0 bridgehead atoms. The van der Waals surface area contributed by atoms with Gasteiger partial charge >= 0.3 is 0 Å². The molecule has 0 atom stereocenters. The zero-order valence-electron chi connectivity index (χ0n) is 6.10. The Labute approximate surface area is 65.8 Å². The van der Waals surface area contributed by atoms with Crippen molar-refractivity contribution in [1.82, 2.24) is 0 Å². The van der Waals surface area contributed by atoms with Crippen molar-refractivity contribution in [3.8, 4) is 0 Å². The number of aliphatic hydroxyl groups excluding tert-OH is 1. The van der Waals surface area contributed by atoms with E-state index in [1.165, 1.54) is 0 Å². The molecular weight excluding hydrogens is 191 g/mol. The Balaban J connectivity index is -0.0000000408. The van der Waals surface area contributed by atoms with Crippen LogP contribution in [0.3, 0.4) is 0 Å². The van der Waals surface area contributed by atoms with Gasteiger partial charge in [0.05, 0.1) is 19.8 Å². The van der Waals surface area contributed by atoms with Gasteiger partial charge < -0.3 is 9.84 Å². The van der Waals surface area contributed by atoms with E-state index in [1.807, 2.05) is 0 Å². The summed E-state index contributed by atoms with van der Waals surface area (Å²) in [4.78, 5) is 3.18. The van der Waals surface area contributed by atoms with E-state index in [0.717, 1.165) is 0 Å². The Hall–Kier alpha value is -0.470. The molecule has 82 valence electrons. The van der Waals surface area contributed by atoms with Crippen LogP contribution in [0.4, 0.5) is 23.3 Å². The molecular formula is C4H13F5O3. The summed E-state index contributed by atoms with van der Waals surface area (Å²) in [5.41, 5.74) is 0. The predicted molar refractivity (Wildman–Crippen MR) is 35.0 cm³/mol. The topological polar surface area (TPSA) is 38.7 Å². The van der Waals surface area contributed by atoms with Crippen LogP contribution in [0, 0.1) is 0 Å². The van der Waals surface area contributed by atoms with Gasteiger partial charge in [0.1, 0.15) is 6.61 Å². The lowest BCUT2D eigenvalue weighted by molar-refractivity contribution is -0.146. The molecule has 0 radical (unpaired) electrons. The van der Waals surface area contributed by atoms with Crippen molar-refractivity contribution in [3.05, 3.63) is 0 Å². The summed E-state index contributed by atoms with van der Waals surface area (Å²) >= 11 is 0. The number of halogens is 5. The third-order valence-corrected chi connectivity index (χ3v) is 0.540. The largest absolute Gasteiger partial charge is 0.394 e. The van der Waals surface area contributed by atoms with Crippen LogP contribution in [0.25, 0.3) is 0 Å². The maximum Gasteiger partial charge on any atom is 0.111 e. The van der Waals surface area contributed by atoms with Crippen molar-refractivity contribution in [3.63, 3.8) is 0 Å². The van der Waals surface area contributed by atoms with Gasteiger partial charge in [0.25, 0.3) is 0 Å². The highest BCUT2D eigenvalue weighted by molar-refractivity contribution is 4.25. The van der Waals surface area contributed by atoms with Gasteiger partial charge in [-0.3, -0.25) is 18.8 Å². The van der Waals surface area contributed by atoms with Crippen LogP contribution in [-0.2, 0) is 9.68 Å². The summed E-state index contributed by atoms with van der Waals surface area (Å²) in [6.07, 6.45) is 0. The summed E-state index contributed by atoms with van der Waals surface area (Å²) in [5, 5.41) is 8.11. The van der Waals surface area contributed by atoms with Crippen molar-refractivity contribution in [2.75, 3.05) is 26.4 Å². The highest BCUT2D eigenvalue weighted by atomic mass is 19.3. The second-order valence-electron chi connectivity index (χ2n) is 1.15. The second-order valence-corrected chi connectivity index (χ2v) is 1.15.